The molecule has 3 aliphatic rings. The highest BCUT2D eigenvalue weighted by Crippen LogP contribution is 2.61. The summed E-state index contributed by atoms with van der Waals surface area (Å²) in [7, 11) is -1.64. The molecule has 3 rings (SSSR count). The Hall–Kier alpha value is -0.0831. The Morgan fingerprint density at radius 1 is 1.25 bits per heavy atom. The van der Waals surface area contributed by atoms with Crippen molar-refractivity contribution < 1.29 is 4.43 Å². The van der Waals surface area contributed by atoms with Crippen LogP contribution in [0.15, 0.2) is 11.6 Å². The van der Waals surface area contributed by atoms with Gasteiger partial charge >= 0.3 is 0 Å². The molecule has 3 aliphatic carbocycles. The van der Waals surface area contributed by atoms with Crippen LogP contribution in [0.1, 0.15) is 59.8 Å². The molecule has 2 bridgehead atoms. The molecule has 0 radical (unpaired) electrons. The summed E-state index contributed by atoms with van der Waals surface area (Å²) in [4.78, 5) is 0. The smallest absolute Gasteiger partial charge is 0.192 e. The fraction of sp³-hybridized carbons (Fsp3) is 0.889. The Bertz CT molecular complexity index is 431. The van der Waals surface area contributed by atoms with Crippen molar-refractivity contribution in [2.24, 2.45) is 17.3 Å². The molecular formula is C18H32OSi. The zero-order valence-electron chi connectivity index (χ0n) is 14.3. The topological polar surface area (TPSA) is 9.23 Å². The molecule has 0 amide bonds. The lowest BCUT2D eigenvalue weighted by Crippen LogP contribution is -2.46. The van der Waals surface area contributed by atoms with Crippen molar-refractivity contribution in [3.63, 3.8) is 0 Å². The maximum Gasteiger partial charge on any atom is 0.192 e. The second kappa shape index (κ2) is 4.46. The van der Waals surface area contributed by atoms with Crippen LogP contribution in [0.2, 0.25) is 18.1 Å². The van der Waals surface area contributed by atoms with Crippen molar-refractivity contribution in [2.45, 2.75) is 84.0 Å². The molecule has 2 saturated carbocycles. The van der Waals surface area contributed by atoms with Crippen molar-refractivity contribution in [3.8, 4) is 0 Å². The van der Waals surface area contributed by atoms with Crippen molar-refractivity contribution >= 4 is 8.32 Å². The van der Waals surface area contributed by atoms with E-state index in [0.29, 0.717) is 22.5 Å². The molecule has 2 heteroatoms. The van der Waals surface area contributed by atoms with Crippen LogP contribution in [-0.4, -0.2) is 14.4 Å². The number of hydrogen-bond acceptors (Lipinski definition) is 1. The molecule has 114 valence electrons. The lowest BCUT2D eigenvalue weighted by molar-refractivity contribution is 0.113. The minimum Gasteiger partial charge on any atom is -0.413 e. The largest absolute Gasteiger partial charge is 0.413 e. The van der Waals surface area contributed by atoms with Gasteiger partial charge in [-0.3, -0.25) is 0 Å². The second-order valence-corrected chi connectivity index (χ2v) is 14.0. The summed E-state index contributed by atoms with van der Waals surface area (Å²) in [5, 5.41) is 0.325. The summed E-state index contributed by atoms with van der Waals surface area (Å²) in [6.07, 6.45) is 10.1. The van der Waals surface area contributed by atoms with Gasteiger partial charge in [-0.1, -0.05) is 45.8 Å². The molecule has 0 spiro atoms. The minimum atomic E-state index is -1.64. The highest BCUT2D eigenvalue weighted by molar-refractivity contribution is 6.74. The standard InChI is InChI=1S/C18H32OSi/c1-17(2,3)20(5,6)19-16-14-11-13-9-7-8-10-18(4,12-14)15(13)16/h11,14-16H,7-10,12H2,1-6H3. The SMILES string of the molecule is CC12CCCCC3=CC(C1)C(O[Si](C)(C)C(C)(C)C)C32. The van der Waals surface area contributed by atoms with Gasteiger partial charge in [0.05, 0.1) is 6.10 Å². The summed E-state index contributed by atoms with van der Waals surface area (Å²) in [5.74, 6) is 1.45. The fourth-order valence-corrected chi connectivity index (χ4v) is 5.99. The molecule has 2 fully saturated rings. The van der Waals surface area contributed by atoms with Crippen molar-refractivity contribution in [1.29, 1.82) is 0 Å². The monoisotopic (exact) mass is 292 g/mol. The zero-order valence-corrected chi connectivity index (χ0v) is 15.3. The third-order valence-corrected chi connectivity index (χ3v) is 11.2. The van der Waals surface area contributed by atoms with Crippen LogP contribution in [0.5, 0.6) is 0 Å². The van der Waals surface area contributed by atoms with Gasteiger partial charge < -0.3 is 4.43 Å². The molecule has 1 nitrogen and oxygen atoms in total. The lowest BCUT2D eigenvalue weighted by Gasteiger charge is -2.41. The molecule has 4 atom stereocenters. The number of fused-ring (bicyclic) bond motifs is 1. The van der Waals surface area contributed by atoms with Gasteiger partial charge in [-0.25, -0.2) is 0 Å². The molecule has 4 unspecified atom stereocenters. The van der Waals surface area contributed by atoms with Crippen LogP contribution in [0, 0.1) is 17.3 Å². The quantitative estimate of drug-likeness (QED) is 0.480. The maximum absolute atomic E-state index is 6.89. The summed E-state index contributed by atoms with van der Waals surface area (Å²) in [6.45, 7) is 14.5. The van der Waals surface area contributed by atoms with Gasteiger partial charge in [0.2, 0.25) is 0 Å². The third-order valence-electron chi connectivity index (χ3n) is 6.73. The molecule has 0 aliphatic heterocycles. The first-order valence-electron chi connectivity index (χ1n) is 8.52. The van der Waals surface area contributed by atoms with Crippen LogP contribution in [0.3, 0.4) is 0 Å². The molecule has 0 saturated heterocycles. The van der Waals surface area contributed by atoms with Gasteiger partial charge in [0, 0.05) is 11.8 Å². The second-order valence-electron chi connectivity index (χ2n) is 9.29. The van der Waals surface area contributed by atoms with Gasteiger partial charge in [0.1, 0.15) is 0 Å². The Morgan fingerprint density at radius 2 is 1.95 bits per heavy atom. The van der Waals surface area contributed by atoms with Crippen LogP contribution in [-0.2, 0) is 4.43 Å². The van der Waals surface area contributed by atoms with E-state index in [-0.39, 0.29) is 0 Å². The Kier molecular flexibility index (Phi) is 3.31. The minimum absolute atomic E-state index is 0.325. The van der Waals surface area contributed by atoms with E-state index in [2.05, 4.69) is 46.9 Å². The van der Waals surface area contributed by atoms with E-state index >= 15 is 0 Å². The van der Waals surface area contributed by atoms with Crippen molar-refractivity contribution in [1.82, 2.24) is 0 Å². The summed E-state index contributed by atoms with van der Waals surface area (Å²) in [5.41, 5.74) is 2.29. The predicted octanol–water partition coefficient (Wildman–Crippen LogP) is 5.53. The first kappa shape index (κ1) is 14.8. The fourth-order valence-electron chi connectivity index (χ4n) is 4.64. The van der Waals surface area contributed by atoms with Gasteiger partial charge in [-0.15, -0.1) is 0 Å². The molecule has 0 aromatic heterocycles. The van der Waals surface area contributed by atoms with Gasteiger partial charge in [-0.2, -0.15) is 0 Å². The zero-order chi connectivity index (χ0) is 14.8. The van der Waals surface area contributed by atoms with E-state index in [4.69, 9.17) is 4.43 Å². The Morgan fingerprint density at radius 3 is 2.60 bits per heavy atom. The summed E-state index contributed by atoms with van der Waals surface area (Å²) >= 11 is 0. The normalized spacial score (nSPS) is 40.7. The molecule has 0 N–H and O–H groups in total. The van der Waals surface area contributed by atoms with Crippen molar-refractivity contribution in [3.05, 3.63) is 11.6 Å². The highest BCUT2D eigenvalue weighted by Gasteiger charge is 2.57. The average molecular weight is 293 g/mol. The summed E-state index contributed by atoms with van der Waals surface area (Å²) < 4.78 is 6.89. The first-order valence-corrected chi connectivity index (χ1v) is 11.4. The average Bonchev–Trinajstić information content (AvgIpc) is 2.70. The molecule has 20 heavy (non-hydrogen) atoms. The molecule has 0 aromatic carbocycles. The van der Waals surface area contributed by atoms with Gasteiger partial charge in [0.15, 0.2) is 8.32 Å². The number of rotatable bonds is 2. The lowest BCUT2D eigenvalue weighted by atomic mass is 9.72. The van der Waals surface area contributed by atoms with Gasteiger partial charge in [-0.05, 0) is 49.2 Å². The van der Waals surface area contributed by atoms with Crippen molar-refractivity contribution in [2.75, 3.05) is 0 Å². The Balaban J connectivity index is 1.85. The molecule has 0 aromatic rings. The van der Waals surface area contributed by atoms with Crippen LogP contribution >= 0.6 is 0 Å². The predicted molar refractivity (Wildman–Crippen MR) is 88.3 cm³/mol. The first-order chi connectivity index (χ1) is 9.14. The van der Waals surface area contributed by atoms with E-state index < -0.39 is 8.32 Å². The summed E-state index contributed by atoms with van der Waals surface area (Å²) in [6, 6.07) is 0. The maximum atomic E-state index is 6.89. The molecule has 0 heterocycles. The van der Waals surface area contributed by atoms with E-state index in [1.165, 1.54) is 32.1 Å². The number of hydrogen-bond donors (Lipinski definition) is 0. The van der Waals surface area contributed by atoms with Crippen LogP contribution in [0.4, 0.5) is 0 Å². The van der Waals surface area contributed by atoms with E-state index in [0.717, 1.165) is 5.92 Å². The van der Waals surface area contributed by atoms with Crippen LogP contribution in [0.25, 0.3) is 0 Å². The highest BCUT2D eigenvalue weighted by atomic mass is 28.4. The Labute approximate surface area is 126 Å². The third kappa shape index (κ3) is 2.14. The van der Waals surface area contributed by atoms with Crippen LogP contribution < -0.4 is 0 Å². The van der Waals surface area contributed by atoms with E-state index in [9.17, 15) is 0 Å². The van der Waals surface area contributed by atoms with E-state index in [1.54, 1.807) is 5.57 Å². The van der Waals surface area contributed by atoms with E-state index in [1.807, 2.05) is 0 Å². The molecular weight excluding hydrogens is 260 g/mol. The van der Waals surface area contributed by atoms with Gasteiger partial charge in [0.25, 0.3) is 0 Å².